The zero-order valence-electron chi connectivity index (χ0n) is 22.7. The lowest BCUT2D eigenvalue weighted by Crippen LogP contribution is -2.41. The molecule has 0 bridgehead atoms. The van der Waals surface area contributed by atoms with Crippen LogP contribution in [0, 0.1) is 5.41 Å². The highest BCUT2D eigenvalue weighted by Gasteiger charge is 2.45. The van der Waals surface area contributed by atoms with Crippen molar-refractivity contribution in [3.05, 3.63) is 0 Å². The molecule has 0 N–H and O–H groups in total. The molecule has 0 heterocycles. The molecule has 0 saturated heterocycles. The maximum Gasteiger partial charge on any atom is 0.323 e. The predicted molar refractivity (Wildman–Crippen MR) is 139 cm³/mol. The fourth-order valence-electron chi connectivity index (χ4n) is 4.34. The van der Waals surface area contributed by atoms with Crippen molar-refractivity contribution in [3.8, 4) is 0 Å². The van der Waals surface area contributed by atoms with Gasteiger partial charge in [-0.25, -0.2) is 0 Å². The van der Waals surface area contributed by atoms with E-state index in [-0.39, 0.29) is 0 Å². The van der Waals surface area contributed by atoms with Gasteiger partial charge in [0.15, 0.2) is 5.41 Å². The van der Waals surface area contributed by atoms with E-state index < -0.39 is 17.4 Å². The van der Waals surface area contributed by atoms with Crippen LogP contribution in [0.3, 0.4) is 0 Å². The Hall–Kier alpha value is -1.06. The highest BCUT2D eigenvalue weighted by atomic mass is 16.6. The Balaban J connectivity index is 3.89. The van der Waals surface area contributed by atoms with Crippen LogP contribution >= 0.6 is 0 Å². The van der Waals surface area contributed by atoms with Crippen LogP contribution in [-0.4, -0.2) is 25.2 Å². The zero-order chi connectivity index (χ0) is 24.6. The van der Waals surface area contributed by atoms with E-state index in [1.807, 2.05) is 13.8 Å². The fourth-order valence-corrected chi connectivity index (χ4v) is 4.34. The van der Waals surface area contributed by atoms with Gasteiger partial charge in [-0.2, -0.15) is 0 Å². The first-order valence-electron chi connectivity index (χ1n) is 14.4. The van der Waals surface area contributed by atoms with E-state index >= 15 is 0 Å². The summed E-state index contributed by atoms with van der Waals surface area (Å²) in [5.41, 5.74) is -1.14. The topological polar surface area (TPSA) is 52.6 Å². The summed E-state index contributed by atoms with van der Waals surface area (Å²) in [4.78, 5) is 25.4. The lowest BCUT2D eigenvalue weighted by atomic mass is 9.82. The summed E-state index contributed by atoms with van der Waals surface area (Å²) in [5, 5.41) is 0. The van der Waals surface area contributed by atoms with E-state index in [0.29, 0.717) is 26.1 Å². The number of hydrogen-bond donors (Lipinski definition) is 0. The van der Waals surface area contributed by atoms with Crippen LogP contribution in [0.1, 0.15) is 156 Å². The van der Waals surface area contributed by atoms with E-state index in [1.54, 1.807) is 0 Å². The molecule has 0 radical (unpaired) electrons. The van der Waals surface area contributed by atoms with Crippen molar-refractivity contribution in [2.24, 2.45) is 5.41 Å². The van der Waals surface area contributed by atoms with Crippen LogP contribution in [0.2, 0.25) is 0 Å². The molecule has 0 aliphatic rings. The Bertz CT molecular complexity index is 457. The van der Waals surface area contributed by atoms with Gasteiger partial charge < -0.3 is 9.47 Å². The number of ether oxygens (including phenoxy) is 2. The Morgan fingerprint density at radius 2 is 0.727 bits per heavy atom. The second-order valence-corrected chi connectivity index (χ2v) is 9.72. The first kappa shape index (κ1) is 31.9. The largest absolute Gasteiger partial charge is 0.465 e. The number of rotatable bonds is 24. The van der Waals surface area contributed by atoms with Crippen molar-refractivity contribution in [2.45, 2.75) is 156 Å². The summed E-state index contributed by atoms with van der Waals surface area (Å²) >= 11 is 0. The van der Waals surface area contributed by atoms with Gasteiger partial charge in [0.2, 0.25) is 0 Å². The van der Waals surface area contributed by atoms with Gasteiger partial charge in [-0.05, 0) is 25.7 Å². The molecule has 0 aliphatic carbocycles. The second-order valence-electron chi connectivity index (χ2n) is 9.72. The minimum Gasteiger partial charge on any atom is -0.465 e. The monoisotopic (exact) mass is 468 g/mol. The van der Waals surface area contributed by atoms with Crippen molar-refractivity contribution < 1.29 is 19.1 Å². The van der Waals surface area contributed by atoms with E-state index in [4.69, 9.17) is 9.47 Å². The average Bonchev–Trinajstić information content (AvgIpc) is 2.82. The van der Waals surface area contributed by atoms with E-state index in [2.05, 4.69) is 13.8 Å². The predicted octanol–water partition coefficient (Wildman–Crippen LogP) is 8.94. The van der Waals surface area contributed by atoms with Gasteiger partial charge in [-0.1, -0.05) is 130 Å². The molecule has 4 nitrogen and oxygen atoms in total. The Labute approximate surface area is 206 Å². The van der Waals surface area contributed by atoms with Crippen LogP contribution in [0.5, 0.6) is 0 Å². The van der Waals surface area contributed by atoms with E-state index in [0.717, 1.165) is 25.7 Å². The molecule has 0 aromatic heterocycles. The van der Waals surface area contributed by atoms with Crippen LogP contribution in [0.4, 0.5) is 0 Å². The third kappa shape index (κ3) is 15.5. The zero-order valence-corrected chi connectivity index (χ0v) is 22.7. The van der Waals surface area contributed by atoms with E-state index in [1.165, 1.54) is 89.9 Å². The normalized spacial score (nSPS) is 11.5. The molecule has 0 aromatic carbocycles. The quantitative estimate of drug-likeness (QED) is 0.0805. The summed E-state index contributed by atoms with van der Waals surface area (Å²) in [5.74, 6) is -0.805. The molecule has 33 heavy (non-hydrogen) atoms. The van der Waals surface area contributed by atoms with Gasteiger partial charge >= 0.3 is 11.9 Å². The minimum absolute atomic E-state index is 0.399. The number of unbranched alkanes of at least 4 members (excludes halogenated alkanes) is 16. The molecule has 0 fully saturated rings. The number of carbonyl (C=O) groups is 2. The molecule has 0 aromatic rings. The third-order valence-electron chi connectivity index (χ3n) is 6.95. The van der Waals surface area contributed by atoms with Gasteiger partial charge in [0.05, 0.1) is 13.2 Å². The van der Waals surface area contributed by atoms with Crippen LogP contribution in [0.15, 0.2) is 0 Å². The molecule has 0 atom stereocenters. The van der Waals surface area contributed by atoms with Gasteiger partial charge in [-0.15, -0.1) is 0 Å². The van der Waals surface area contributed by atoms with Crippen LogP contribution in [0.25, 0.3) is 0 Å². The molecule has 0 amide bonds. The Morgan fingerprint density at radius 3 is 1.00 bits per heavy atom. The van der Waals surface area contributed by atoms with E-state index in [9.17, 15) is 9.59 Å². The SMILES string of the molecule is CCCCCCCCCCCCCCCOC(=O)C(CC)(CC)C(=O)OCCCCCCC. The first-order valence-corrected chi connectivity index (χ1v) is 14.4. The number of hydrogen-bond acceptors (Lipinski definition) is 4. The number of carbonyl (C=O) groups excluding carboxylic acids is 2. The molecule has 0 spiro atoms. The molecule has 0 aliphatic heterocycles. The Morgan fingerprint density at radius 1 is 0.455 bits per heavy atom. The van der Waals surface area contributed by atoms with Crippen molar-refractivity contribution in [2.75, 3.05) is 13.2 Å². The standard InChI is InChI=1S/C29H56O4/c1-5-9-11-13-14-15-16-17-18-19-20-22-24-26-33-28(31)29(7-3,8-4)27(30)32-25-23-21-12-10-6-2/h5-26H2,1-4H3. The molecular weight excluding hydrogens is 412 g/mol. The molecule has 196 valence electrons. The maximum absolute atomic E-state index is 12.7. The average molecular weight is 469 g/mol. The second kappa shape index (κ2) is 22.7. The first-order chi connectivity index (χ1) is 16.1. The van der Waals surface area contributed by atoms with Gasteiger partial charge in [0, 0.05) is 0 Å². The molecular formula is C29H56O4. The summed E-state index contributed by atoms with van der Waals surface area (Å²) < 4.78 is 11.0. The maximum atomic E-state index is 12.7. The third-order valence-corrected chi connectivity index (χ3v) is 6.95. The molecule has 0 saturated carbocycles. The van der Waals surface area contributed by atoms with Gasteiger partial charge in [0.25, 0.3) is 0 Å². The Kier molecular flexibility index (Phi) is 22.0. The fraction of sp³-hybridized carbons (Fsp3) is 0.931. The van der Waals surface area contributed by atoms with Crippen molar-refractivity contribution in [1.29, 1.82) is 0 Å². The van der Waals surface area contributed by atoms with Gasteiger partial charge in [0.1, 0.15) is 0 Å². The minimum atomic E-state index is -1.14. The molecule has 0 rings (SSSR count). The smallest absolute Gasteiger partial charge is 0.323 e. The van der Waals surface area contributed by atoms with Gasteiger partial charge in [-0.3, -0.25) is 9.59 Å². The van der Waals surface area contributed by atoms with Crippen LogP contribution in [-0.2, 0) is 19.1 Å². The van der Waals surface area contributed by atoms with Crippen LogP contribution < -0.4 is 0 Å². The molecule has 0 unspecified atom stereocenters. The highest BCUT2D eigenvalue weighted by Crippen LogP contribution is 2.30. The summed E-state index contributed by atoms with van der Waals surface area (Å²) in [6.45, 7) is 9.00. The lowest BCUT2D eigenvalue weighted by molar-refractivity contribution is -0.173. The van der Waals surface area contributed by atoms with Crippen molar-refractivity contribution >= 4 is 11.9 Å². The molecule has 4 heteroatoms. The number of esters is 2. The summed E-state index contributed by atoms with van der Waals surface area (Å²) in [6, 6.07) is 0. The van der Waals surface area contributed by atoms with Crippen molar-refractivity contribution in [3.63, 3.8) is 0 Å². The lowest BCUT2D eigenvalue weighted by Gasteiger charge is -2.27. The summed E-state index contributed by atoms with van der Waals surface area (Å²) in [7, 11) is 0. The summed E-state index contributed by atoms with van der Waals surface area (Å²) in [6.07, 6.45) is 23.1. The highest BCUT2D eigenvalue weighted by molar-refractivity contribution is 5.99. The van der Waals surface area contributed by atoms with Crippen molar-refractivity contribution in [1.82, 2.24) is 0 Å².